The van der Waals surface area contributed by atoms with E-state index >= 15 is 0 Å². The van der Waals surface area contributed by atoms with Crippen LogP contribution in [0.5, 0.6) is 5.75 Å². The maximum Gasteiger partial charge on any atom is 0.573 e. The van der Waals surface area contributed by atoms with Crippen LogP contribution in [0.1, 0.15) is 57.3 Å². The zero-order valence-corrected chi connectivity index (χ0v) is 20.9. The lowest BCUT2D eigenvalue weighted by Crippen LogP contribution is -2.29. The molecule has 3 N–H and O–H groups in total. The van der Waals surface area contributed by atoms with E-state index in [1.165, 1.54) is 18.2 Å². The number of imidazole rings is 1. The third-order valence-electron chi connectivity index (χ3n) is 7.61. The molecule has 2 aliphatic rings. The highest BCUT2D eigenvalue weighted by Gasteiger charge is 2.32. The first-order valence-corrected chi connectivity index (χ1v) is 12.9. The Hall–Kier alpha value is -2.92. The van der Waals surface area contributed by atoms with Crippen LogP contribution in [0.3, 0.4) is 0 Å². The van der Waals surface area contributed by atoms with Gasteiger partial charge in [-0.1, -0.05) is 13.0 Å². The van der Waals surface area contributed by atoms with Gasteiger partial charge in [0.1, 0.15) is 17.1 Å². The van der Waals surface area contributed by atoms with Crippen LogP contribution in [0.4, 0.5) is 24.8 Å². The lowest BCUT2D eigenvalue weighted by atomic mass is 9.79. The van der Waals surface area contributed by atoms with Gasteiger partial charge in [-0.3, -0.25) is 4.57 Å². The number of rotatable bonds is 7. The molecule has 8 nitrogen and oxygen atoms in total. The van der Waals surface area contributed by atoms with Gasteiger partial charge in [0.25, 0.3) is 0 Å². The third kappa shape index (κ3) is 6.15. The minimum atomic E-state index is -4.76. The van der Waals surface area contributed by atoms with Crippen LogP contribution in [0.15, 0.2) is 30.5 Å². The van der Waals surface area contributed by atoms with Crippen LogP contribution < -0.4 is 15.8 Å². The van der Waals surface area contributed by atoms with E-state index in [-0.39, 0.29) is 17.2 Å². The van der Waals surface area contributed by atoms with Crippen LogP contribution in [-0.2, 0) is 11.2 Å². The molecule has 2 fully saturated rings. The number of aromatic nitrogens is 4. The van der Waals surface area contributed by atoms with Crippen molar-refractivity contribution in [2.75, 3.05) is 25.1 Å². The molecular formula is C26H33F3N6O2. The van der Waals surface area contributed by atoms with Crippen LogP contribution in [-0.4, -0.2) is 45.6 Å². The Morgan fingerprint density at radius 2 is 1.92 bits per heavy atom. The first-order valence-electron chi connectivity index (χ1n) is 12.9. The molecule has 37 heavy (non-hydrogen) atoms. The molecule has 1 aromatic carbocycles. The molecule has 0 spiro atoms. The molecular weight excluding hydrogens is 485 g/mol. The summed E-state index contributed by atoms with van der Waals surface area (Å²) in [4.78, 5) is 14.3. The second-order valence-electron chi connectivity index (χ2n) is 10.5. The molecule has 3 heterocycles. The fourth-order valence-corrected chi connectivity index (χ4v) is 5.41. The van der Waals surface area contributed by atoms with E-state index in [4.69, 9.17) is 20.4 Å². The lowest BCUT2D eigenvalue weighted by molar-refractivity contribution is -0.274. The average Bonchev–Trinajstić information content (AvgIpc) is 3.20. The van der Waals surface area contributed by atoms with Gasteiger partial charge in [0.2, 0.25) is 5.95 Å². The summed E-state index contributed by atoms with van der Waals surface area (Å²) < 4.78 is 50.0. The van der Waals surface area contributed by atoms with Crippen molar-refractivity contribution in [3.8, 4) is 5.75 Å². The number of nitrogens with one attached hydrogen (secondary N) is 1. The van der Waals surface area contributed by atoms with Gasteiger partial charge >= 0.3 is 6.36 Å². The van der Waals surface area contributed by atoms with Crippen LogP contribution in [0, 0.1) is 11.3 Å². The molecule has 1 aliphatic heterocycles. The molecule has 11 heteroatoms. The molecule has 0 radical (unpaired) electrons. The van der Waals surface area contributed by atoms with Gasteiger partial charge in [-0.25, -0.2) is 15.0 Å². The van der Waals surface area contributed by atoms with Crippen molar-refractivity contribution < 1.29 is 22.6 Å². The molecule has 3 aromatic rings. The van der Waals surface area contributed by atoms with E-state index in [2.05, 4.69) is 26.5 Å². The number of nitrogens with zero attached hydrogens (tertiary/aromatic N) is 4. The van der Waals surface area contributed by atoms with Gasteiger partial charge in [-0.05, 0) is 68.5 Å². The van der Waals surface area contributed by atoms with Gasteiger partial charge in [0.15, 0.2) is 5.65 Å². The molecule has 1 saturated heterocycles. The highest BCUT2D eigenvalue weighted by atomic mass is 19.4. The van der Waals surface area contributed by atoms with Crippen molar-refractivity contribution >= 4 is 22.8 Å². The number of fused-ring (bicyclic) bond motifs is 1. The van der Waals surface area contributed by atoms with E-state index in [1.807, 2.05) is 0 Å². The SMILES string of the molecule is CC1(Cc2ncc3nc(Nc4cccc(OC(F)(F)F)c4)n(C4CCC(CN)CC4)c3n2)CCOCC1. The maximum absolute atomic E-state index is 12.8. The molecule has 0 bridgehead atoms. The Morgan fingerprint density at radius 1 is 1.16 bits per heavy atom. The molecule has 2 aromatic heterocycles. The second kappa shape index (κ2) is 10.4. The fourth-order valence-electron chi connectivity index (χ4n) is 5.41. The largest absolute Gasteiger partial charge is 0.573 e. The molecule has 1 aliphatic carbocycles. The smallest absolute Gasteiger partial charge is 0.406 e. The molecule has 0 amide bonds. The van der Waals surface area contributed by atoms with Gasteiger partial charge in [0.05, 0.1) is 6.20 Å². The number of anilines is 2. The summed E-state index contributed by atoms with van der Waals surface area (Å²) in [7, 11) is 0. The lowest BCUT2D eigenvalue weighted by Gasteiger charge is -2.33. The Bertz CT molecular complexity index is 1220. The number of alkyl halides is 3. The van der Waals surface area contributed by atoms with E-state index in [0.29, 0.717) is 29.6 Å². The Kier molecular flexibility index (Phi) is 7.26. The standard InChI is InChI=1S/C26H33F3N6O2/c1-25(9-11-36-12-10-25)14-22-31-16-21-23(34-22)35(19-7-5-17(15-30)6-8-19)24(33-21)32-18-3-2-4-20(13-18)37-26(27,28)29/h2-4,13,16-17,19H,5-12,14-15,30H2,1H3,(H,32,33). The van der Waals surface area contributed by atoms with Crippen molar-refractivity contribution in [2.45, 2.75) is 64.3 Å². The number of hydrogen-bond donors (Lipinski definition) is 2. The minimum absolute atomic E-state index is 0.0793. The molecule has 0 unspecified atom stereocenters. The topological polar surface area (TPSA) is 100 Å². The summed E-state index contributed by atoms with van der Waals surface area (Å²) in [5.41, 5.74) is 7.82. The van der Waals surface area contributed by atoms with E-state index in [1.54, 1.807) is 12.3 Å². The third-order valence-corrected chi connectivity index (χ3v) is 7.61. The quantitative estimate of drug-likeness (QED) is 0.425. The molecule has 1 saturated carbocycles. The van der Waals surface area contributed by atoms with Crippen molar-refractivity contribution in [1.29, 1.82) is 0 Å². The Labute approximate surface area is 213 Å². The Balaban J connectivity index is 1.48. The van der Waals surface area contributed by atoms with Gasteiger partial charge < -0.3 is 20.5 Å². The highest BCUT2D eigenvalue weighted by Crippen LogP contribution is 2.38. The van der Waals surface area contributed by atoms with E-state index in [0.717, 1.165) is 69.6 Å². The van der Waals surface area contributed by atoms with Crippen molar-refractivity contribution in [2.24, 2.45) is 17.1 Å². The van der Waals surface area contributed by atoms with Crippen molar-refractivity contribution in [3.63, 3.8) is 0 Å². The van der Waals surface area contributed by atoms with E-state index < -0.39 is 6.36 Å². The van der Waals surface area contributed by atoms with Gasteiger partial charge in [-0.15, -0.1) is 13.2 Å². The number of ether oxygens (including phenoxy) is 2. The summed E-state index contributed by atoms with van der Waals surface area (Å²) in [5, 5.41) is 3.21. The monoisotopic (exact) mass is 518 g/mol. The van der Waals surface area contributed by atoms with E-state index in [9.17, 15) is 13.2 Å². The predicted octanol–water partition coefficient (Wildman–Crippen LogP) is 5.52. The van der Waals surface area contributed by atoms with Gasteiger partial charge in [-0.2, -0.15) is 0 Å². The van der Waals surface area contributed by atoms with Crippen LogP contribution >= 0.6 is 0 Å². The number of halogens is 3. The molecule has 200 valence electrons. The highest BCUT2D eigenvalue weighted by molar-refractivity contribution is 5.75. The predicted molar refractivity (Wildman–Crippen MR) is 134 cm³/mol. The fraction of sp³-hybridized carbons (Fsp3) is 0.577. The number of hydrogen-bond acceptors (Lipinski definition) is 7. The minimum Gasteiger partial charge on any atom is -0.406 e. The molecule has 0 atom stereocenters. The summed E-state index contributed by atoms with van der Waals surface area (Å²) in [6, 6.07) is 5.92. The van der Waals surface area contributed by atoms with Gasteiger partial charge in [0, 0.05) is 37.4 Å². The summed E-state index contributed by atoms with van der Waals surface area (Å²) in [6.07, 6.45) is 3.51. The number of benzene rings is 1. The normalized spacial score (nSPS) is 22.2. The summed E-state index contributed by atoms with van der Waals surface area (Å²) in [5.74, 6) is 1.49. The zero-order valence-electron chi connectivity index (χ0n) is 20.9. The van der Waals surface area contributed by atoms with Crippen LogP contribution in [0.25, 0.3) is 11.2 Å². The maximum atomic E-state index is 12.8. The summed E-state index contributed by atoms with van der Waals surface area (Å²) >= 11 is 0. The summed E-state index contributed by atoms with van der Waals surface area (Å²) in [6.45, 7) is 4.40. The zero-order chi connectivity index (χ0) is 26.0. The van der Waals surface area contributed by atoms with Crippen LogP contribution in [0.2, 0.25) is 0 Å². The average molecular weight is 519 g/mol. The second-order valence-corrected chi connectivity index (χ2v) is 10.5. The first-order chi connectivity index (χ1) is 17.7. The molecule has 5 rings (SSSR count). The Morgan fingerprint density at radius 3 is 2.62 bits per heavy atom. The first kappa shape index (κ1) is 25.7. The van der Waals surface area contributed by atoms with Crippen molar-refractivity contribution in [3.05, 3.63) is 36.3 Å². The number of nitrogens with two attached hydrogens (primary N) is 1. The van der Waals surface area contributed by atoms with Crippen molar-refractivity contribution in [1.82, 2.24) is 19.5 Å².